The van der Waals surface area contributed by atoms with Crippen LogP contribution in [0.25, 0.3) is 0 Å². The Bertz CT molecular complexity index is 394. The van der Waals surface area contributed by atoms with E-state index in [0.717, 1.165) is 18.5 Å². The molecule has 1 aliphatic rings. The smallest absolute Gasteiger partial charge is 0.323 e. The summed E-state index contributed by atoms with van der Waals surface area (Å²) >= 11 is 0. The molecule has 1 aromatic carbocycles. The number of halogens is 1. The highest BCUT2D eigenvalue weighted by atomic mass is 79.9. The van der Waals surface area contributed by atoms with Gasteiger partial charge in [0.25, 0.3) is 0 Å². The third-order valence-corrected chi connectivity index (χ3v) is 3.08. The molecule has 0 bridgehead atoms. The van der Waals surface area contributed by atoms with Gasteiger partial charge in [0.1, 0.15) is 11.8 Å². The van der Waals surface area contributed by atoms with E-state index in [2.05, 4.69) is 5.32 Å². The average Bonchev–Trinajstić information content (AvgIpc) is 2.79. The second kappa shape index (κ2) is 6.75. The third-order valence-electron chi connectivity index (χ3n) is 3.08. The first-order chi connectivity index (χ1) is 8.22. The largest absolute Gasteiger partial charge is 0.508 e. The van der Waals surface area contributed by atoms with E-state index < -0.39 is 0 Å². The van der Waals surface area contributed by atoms with Crippen LogP contribution in [0.3, 0.4) is 0 Å². The summed E-state index contributed by atoms with van der Waals surface area (Å²) in [6.07, 6.45) is 0.911. The molecular formula is C13H18BrNO3. The molecule has 0 aromatic heterocycles. The van der Waals surface area contributed by atoms with Gasteiger partial charge in [0.15, 0.2) is 0 Å². The summed E-state index contributed by atoms with van der Waals surface area (Å²) in [6.45, 7) is 3.02. The van der Waals surface area contributed by atoms with E-state index in [9.17, 15) is 9.90 Å². The second-order valence-electron chi connectivity index (χ2n) is 4.17. The predicted octanol–water partition coefficient (Wildman–Crippen LogP) is 1.98. The van der Waals surface area contributed by atoms with Crippen molar-refractivity contribution in [3.63, 3.8) is 0 Å². The molecule has 4 nitrogen and oxygen atoms in total. The summed E-state index contributed by atoms with van der Waals surface area (Å²) in [5.74, 6) is 0.185. The highest BCUT2D eigenvalue weighted by Crippen LogP contribution is 2.29. The quantitative estimate of drug-likeness (QED) is 0.837. The maximum absolute atomic E-state index is 11.8. The number of phenolic OH excluding ortho intramolecular Hbond substituents is 1. The van der Waals surface area contributed by atoms with Crippen LogP contribution in [-0.2, 0) is 9.53 Å². The van der Waals surface area contributed by atoms with Gasteiger partial charge in [-0.1, -0.05) is 12.1 Å². The van der Waals surface area contributed by atoms with Crippen LogP contribution in [0.4, 0.5) is 0 Å². The van der Waals surface area contributed by atoms with Crippen molar-refractivity contribution in [2.75, 3.05) is 13.2 Å². The molecule has 0 aliphatic carbocycles. The zero-order valence-electron chi connectivity index (χ0n) is 10.3. The van der Waals surface area contributed by atoms with Crippen LogP contribution < -0.4 is 5.32 Å². The number of carbonyl (C=O) groups is 1. The summed E-state index contributed by atoms with van der Waals surface area (Å²) in [6, 6.07) is 6.75. The van der Waals surface area contributed by atoms with E-state index in [1.54, 1.807) is 12.1 Å². The Morgan fingerprint density at radius 1 is 1.44 bits per heavy atom. The number of hydrogen-bond donors (Lipinski definition) is 2. The van der Waals surface area contributed by atoms with Crippen molar-refractivity contribution in [1.29, 1.82) is 0 Å². The normalized spacial score (nSPS) is 22.3. The Morgan fingerprint density at radius 2 is 2.11 bits per heavy atom. The van der Waals surface area contributed by atoms with Crippen LogP contribution in [0.15, 0.2) is 24.3 Å². The van der Waals surface area contributed by atoms with Gasteiger partial charge < -0.3 is 15.2 Å². The minimum atomic E-state index is -0.264. The Kier molecular flexibility index (Phi) is 5.62. The average molecular weight is 316 g/mol. The zero-order valence-corrected chi connectivity index (χ0v) is 12.0. The van der Waals surface area contributed by atoms with Gasteiger partial charge in [-0.2, -0.15) is 0 Å². The fraction of sp³-hybridized carbons (Fsp3) is 0.462. The van der Waals surface area contributed by atoms with Crippen molar-refractivity contribution in [3.05, 3.63) is 29.8 Å². The number of carbonyl (C=O) groups excluding carboxylic acids is 1. The molecule has 1 unspecified atom stereocenters. The van der Waals surface area contributed by atoms with Crippen molar-refractivity contribution < 1.29 is 14.6 Å². The number of benzene rings is 1. The Morgan fingerprint density at radius 3 is 2.72 bits per heavy atom. The number of phenols is 1. The van der Waals surface area contributed by atoms with Crippen LogP contribution in [0.1, 0.15) is 24.8 Å². The topological polar surface area (TPSA) is 58.6 Å². The number of hydrogen-bond acceptors (Lipinski definition) is 4. The molecule has 1 saturated heterocycles. The molecule has 1 aliphatic heterocycles. The van der Waals surface area contributed by atoms with Gasteiger partial charge in [-0.15, -0.1) is 17.0 Å². The molecule has 0 radical (unpaired) electrons. The summed E-state index contributed by atoms with van der Waals surface area (Å²) in [5, 5.41) is 12.4. The fourth-order valence-corrected chi connectivity index (χ4v) is 2.26. The van der Waals surface area contributed by atoms with Crippen molar-refractivity contribution in [3.8, 4) is 5.75 Å². The van der Waals surface area contributed by atoms with Gasteiger partial charge in [-0.05, 0) is 37.6 Å². The van der Waals surface area contributed by atoms with Crippen LogP contribution in [0.2, 0.25) is 0 Å². The van der Waals surface area contributed by atoms with Crippen LogP contribution in [0.5, 0.6) is 5.75 Å². The number of aromatic hydroxyl groups is 1. The molecule has 100 valence electrons. The molecule has 2 rings (SSSR count). The lowest BCUT2D eigenvalue weighted by molar-refractivity contribution is -0.145. The van der Waals surface area contributed by atoms with E-state index in [4.69, 9.17) is 4.74 Å². The Hall–Kier alpha value is -1.07. The Labute approximate surface area is 117 Å². The molecule has 2 atom stereocenters. The molecule has 1 fully saturated rings. The lowest BCUT2D eigenvalue weighted by Gasteiger charge is -2.18. The molecular weight excluding hydrogens is 298 g/mol. The molecule has 0 amide bonds. The molecule has 2 N–H and O–H groups in total. The lowest BCUT2D eigenvalue weighted by Crippen LogP contribution is -2.36. The van der Waals surface area contributed by atoms with Crippen molar-refractivity contribution in [2.45, 2.75) is 25.3 Å². The molecule has 18 heavy (non-hydrogen) atoms. The predicted molar refractivity (Wildman–Crippen MR) is 74.2 cm³/mol. The lowest BCUT2D eigenvalue weighted by atomic mass is 9.92. The monoisotopic (exact) mass is 315 g/mol. The molecule has 1 heterocycles. The van der Waals surface area contributed by atoms with Gasteiger partial charge in [-0.25, -0.2) is 0 Å². The highest BCUT2D eigenvalue weighted by molar-refractivity contribution is 8.93. The van der Waals surface area contributed by atoms with E-state index in [1.807, 2.05) is 19.1 Å². The van der Waals surface area contributed by atoms with Gasteiger partial charge in [-0.3, -0.25) is 4.79 Å². The van der Waals surface area contributed by atoms with Crippen molar-refractivity contribution in [1.82, 2.24) is 5.32 Å². The number of rotatable bonds is 3. The summed E-state index contributed by atoms with van der Waals surface area (Å²) in [5.41, 5.74) is 1.06. The van der Waals surface area contributed by atoms with E-state index >= 15 is 0 Å². The van der Waals surface area contributed by atoms with Gasteiger partial charge in [0, 0.05) is 5.92 Å². The maximum atomic E-state index is 11.8. The van der Waals surface area contributed by atoms with Crippen molar-refractivity contribution >= 4 is 23.0 Å². The summed E-state index contributed by atoms with van der Waals surface area (Å²) in [4.78, 5) is 11.8. The number of esters is 1. The molecule has 0 saturated carbocycles. The van der Waals surface area contributed by atoms with Crippen molar-refractivity contribution in [2.24, 2.45) is 0 Å². The van der Waals surface area contributed by atoms with E-state index in [-0.39, 0.29) is 40.7 Å². The van der Waals surface area contributed by atoms with Crippen LogP contribution >= 0.6 is 17.0 Å². The fourth-order valence-electron chi connectivity index (χ4n) is 2.26. The van der Waals surface area contributed by atoms with Gasteiger partial charge in [0.2, 0.25) is 0 Å². The van der Waals surface area contributed by atoms with Gasteiger partial charge >= 0.3 is 5.97 Å². The zero-order chi connectivity index (χ0) is 12.3. The maximum Gasteiger partial charge on any atom is 0.323 e. The van der Waals surface area contributed by atoms with E-state index in [1.165, 1.54) is 0 Å². The SMILES string of the molecule is Br.CCOC(=O)[C@H]1NCCC1c1ccc(O)cc1. The number of nitrogens with one attached hydrogen (secondary N) is 1. The molecule has 1 aromatic rings. The Balaban J connectivity index is 0.00000162. The molecule has 5 heteroatoms. The molecule has 0 spiro atoms. The second-order valence-corrected chi connectivity index (χ2v) is 4.17. The van der Waals surface area contributed by atoms with Crippen LogP contribution in [0, 0.1) is 0 Å². The third kappa shape index (κ3) is 3.23. The first-order valence-electron chi connectivity index (χ1n) is 5.91. The minimum Gasteiger partial charge on any atom is -0.508 e. The van der Waals surface area contributed by atoms with E-state index in [0.29, 0.717) is 6.61 Å². The highest BCUT2D eigenvalue weighted by Gasteiger charge is 2.34. The summed E-state index contributed by atoms with van der Waals surface area (Å²) in [7, 11) is 0. The number of ether oxygens (including phenoxy) is 1. The van der Waals surface area contributed by atoms with Gasteiger partial charge in [0.05, 0.1) is 6.61 Å². The standard InChI is InChI=1S/C13H17NO3.BrH/c1-2-17-13(16)12-11(7-8-14-12)9-3-5-10(15)6-4-9;/h3-6,11-12,14-15H,2,7-8H2,1H3;1H/t11?,12-;/m0./s1. The first kappa shape index (κ1) is 15.0. The minimum absolute atomic E-state index is 0. The summed E-state index contributed by atoms with van der Waals surface area (Å²) < 4.78 is 5.05. The first-order valence-corrected chi connectivity index (χ1v) is 5.91. The van der Waals surface area contributed by atoms with Crippen LogP contribution in [-0.4, -0.2) is 30.3 Å².